The van der Waals surface area contributed by atoms with Crippen molar-refractivity contribution in [2.24, 2.45) is 5.73 Å². The monoisotopic (exact) mass is 320 g/mol. The topological polar surface area (TPSA) is 72.2 Å². The van der Waals surface area contributed by atoms with Crippen LogP contribution in [0.3, 0.4) is 0 Å². The second kappa shape index (κ2) is 6.87. The molecule has 0 amide bonds. The van der Waals surface area contributed by atoms with Crippen LogP contribution in [0, 0.1) is 18.8 Å². The first kappa shape index (κ1) is 15.7. The van der Waals surface area contributed by atoms with Gasteiger partial charge in [0.25, 0.3) is 0 Å². The van der Waals surface area contributed by atoms with Crippen LogP contribution in [-0.2, 0) is 16.6 Å². The van der Waals surface area contributed by atoms with Crippen molar-refractivity contribution < 1.29 is 8.42 Å². The Hall–Kier alpha value is -1.65. The molecule has 1 aromatic heterocycles. The summed E-state index contributed by atoms with van der Waals surface area (Å²) in [5.74, 6) is 5.70. The predicted molar refractivity (Wildman–Crippen MR) is 85.5 cm³/mol. The van der Waals surface area contributed by atoms with E-state index in [-0.39, 0.29) is 6.54 Å². The number of nitrogens with two attached hydrogens (primary N) is 1. The van der Waals surface area contributed by atoms with E-state index < -0.39 is 10.0 Å². The molecule has 0 bridgehead atoms. The molecule has 0 aliphatic heterocycles. The second-order valence-electron chi connectivity index (χ2n) is 4.36. The fraction of sp³-hybridized carbons (Fsp3) is 0.200. The van der Waals surface area contributed by atoms with E-state index in [0.29, 0.717) is 11.4 Å². The van der Waals surface area contributed by atoms with Gasteiger partial charge in [0.1, 0.15) is 0 Å². The zero-order chi connectivity index (χ0) is 15.3. The average Bonchev–Trinajstić information content (AvgIpc) is 2.91. The maximum atomic E-state index is 12.3. The first-order valence-corrected chi connectivity index (χ1v) is 8.66. The van der Waals surface area contributed by atoms with Crippen LogP contribution in [0.4, 0.5) is 0 Å². The molecule has 110 valence electrons. The van der Waals surface area contributed by atoms with Gasteiger partial charge in [-0.15, -0.1) is 11.3 Å². The Morgan fingerprint density at radius 2 is 2.00 bits per heavy atom. The zero-order valence-corrected chi connectivity index (χ0v) is 13.2. The number of rotatable bonds is 4. The molecule has 0 atom stereocenters. The first-order valence-electron chi connectivity index (χ1n) is 6.36. The van der Waals surface area contributed by atoms with Gasteiger partial charge >= 0.3 is 0 Å². The number of hydrogen-bond donors (Lipinski definition) is 2. The maximum absolute atomic E-state index is 12.3. The van der Waals surface area contributed by atoms with Crippen LogP contribution in [-0.4, -0.2) is 15.0 Å². The summed E-state index contributed by atoms with van der Waals surface area (Å²) in [6.45, 7) is 2.35. The van der Waals surface area contributed by atoms with Crippen LogP contribution in [0.5, 0.6) is 0 Å². The number of aryl methyl sites for hydroxylation is 1. The SMILES string of the molecule is Cc1ccccc1S(=O)(=O)NCc1ccc(C#CCN)s1. The molecule has 2 rings (SSSR count). The van der Waals surface area contributed by atoms with E-state index in [1.807, 2.05) is 18.2 Å². The van der Waals surface area contributed by atoms with Crippen LogP contribution < -0.4 is 10.5 Å². The fourth-order valence-corrected chi connectivity index (χ4v) is 3.94. The summed E-state index contributed by atoms with van der Waals surface area (Å²) < 4.78 is 27.1. The number of hydrogen-bond acceptors (Lipinski definition) is 4. The highest BCUT2D eigenvalue weighted by Gasteiger charge is 2.15. The lowest BCUT2D eigenvalue weighted by Crippen LogP contribution is -2.23. The highest BCUT2D eigenvalue weighted by molar-refractivity contribution is 7.89. The van der Waals surface area contributed by atoms with Crippen molar-refractivity contribution >= 4 is 21.4 Å². The lowest BCUT2D eigenvalue weighted by Gasteiger charge is -2.08. The van der Waals surface area contributed by atoms with E-state index in [4.69, 9.17) is 5.73 Å². The molecular formula is C15H16N2O2S2. The molecule has 0 aliphatic carbocycles. The Kier molecular flexibility index (Phi) is 5.15. The summed E-state index contributed by atoms with van der Waals surface area (Å²) >= 11 is 1.46. The second-order valence-corrected chi connectivity index (χ2v) is 7.27. The van der Waals surface area contributed by atoms with E-state index in [9.17, 15) is 8.42 Å². The van der Waals surface area contributed by atoms with Gasteiger partial charge in [-0.3, -0.25) is 0 Å². The molecular weight excluding hydrogens is 304 g/mol. The minimum atomic E-state index is -3.50. The standard InChI is InChI=1S/C15H16N2O2S2/c1-12-5-2-3-7-15(12)21(18,19)17-11-14-9-8-13(20-14)6-4-10-16/h2-3,5,7-9,17H,10-11,16H2,1H3. The molecule has 0 saturated heterocycles. The van der Waals surface area contributed by atoms with E-state index >= 15 is 0 Å². The number of sulfonamides is 1. The number of thiophene rings is 1. The molecule has 0 aliphatic rings. The van der Waals surface area contributed by atoms with Crippen molar-refractivity contribution in [3.8, 4) is 11.8 Å². The molecule has 0 saturated carbocycles. The molecule has 3 N–H and O–H groups in total. The molecule has 1 aromatic carbocycles. The smallest absolute Gasteiger partial charge is 0.241 e. The van der Waals surface area contributed by atoms with Crippen LogP contribution in [0.2, 0.25) is 0 Å². The van der Waals surface area contributed by atoms with E-state index in [0.717, 1.165) is 15.3 Å². The average molecular weight is 320 g/mol. The molecule has 21 heavy (non-hydrogen) atoms. The summed E-state index contributed by atoms with van der Waals surface area (Å²) in [5, 5.41) is 0. The van der Waals surface area contributed by atoms with Crippen molar-refractivity contribution in [3.05, 3.63) is 51.7 Å². The van der Waals surface area contributed by atoms with Gasteiger partial charge in [-0.25, -0.2) is 13.1 Å². The Bertz CT molecular complexity index is 783. The van der Waals surface area contributed by atoms with Crippen LogP contribution in [0.25, 0.3) is 0 Å². The molecule has 0 unspecified atom stereocenters. The van der Waals surface area contributed by atoms with Crippen molar-refractivity contribution in [2.45, 2.75) is 18.4 Å². The van der Waals surface area contributed by atoms with Gasteiger partial charge in [0.15, 0.2) is 0 Å². The van der Waals surface area contributed by atoms with E-state index in [1.54, 1.807) is 25.1 Å². The maximum Gasteiger partial charge on any atom is 0.241 e. The highest BCUT2D eigenvalue weighted by Crippen LogP contribution is 2.18. The highest BCUT2D eigenvalue weighted by atomic mass is 32.2. The summed E-state index contributed by atoms with van der Waals surface area (Å²) in [6, 6.07) is 10.6. The Labute approximate surface area is 129 Å². The minimum Gasteiger partial charge on any atom is -0.320 e. The predicted octanol–water partition coefficient (Wildman–Crippen LogP) is 1.85. The molecule has 2 aromatic rings. The molecule has 0 fully saturated rings. The van der Waals surface area contributed by atoms with Crippen molar-refractivity contribution in [1.82, 2.24) is 4.72 Å². The van der Waals surface area contributed by atoms with Crippen molar-refractivity contribution in [3.63, 3.8) is 0 Å². The van der Waals surface area contributed by atoms with Crippen LogP contribution in [0.1, 0.15) is 15.3 Å². The fourth-order valence-electron chi connectivity index (χ4n) is 1.78. The van der Waals surface area contributed by atoms with Crippen molar-refractivity contribution in [2.75, 3.05) is 6.54 Å². The lowest BCUT2D eigenvalue weighted by molar-refractivity contribution is 0.581. The van der Waals surface area contributed by atoms with Gasteiger partial charge in [0.2, 0.25) is 10.0 Å². The third kappa shape index (κ3) is 4.16. The summed E-state index contributed by atoms with van der Waals surface area (Å²) in [6.07, 6.45) is 0. The molecule has 6 heteroatoms. The largest absolute Gasteiger partial charge is 0.320 e. The van der Waals surface area contributed by atoms with Crippen molar-refractivity contribution in [1.29, 1.82) is 0 Å². The number of nitrogens with one attached hydrogen (secondary N) is 1. The summed E-state index contributed by atoms with van der Waals surface area (Å²) in [5.41, 5.74) is 6.04. The van der Waals surface area contributed by atoms with E-state index in [2.05, 4.69) is 16.6 Å². The molecule has 0 spiro atoms. The van der Waals surface area contributed by atoms with Crippen LogP contribution in [0.15, 0.2) is 41.3 Å². The van der Waals surface area contributed by atoms with Gasteiger partial charge in [-0.05, 0) is 30.7 Å². The summed E-state index contributed by atoms with van der Waals surface area (Å²) in [7, 11) is -3.50. The number of benzene rings is 1. The lowest BCUT2D eigenvalue weighted by atomic mass is 10.2. The first-order chi connectivity index (χ1) is 10.0. The zero-order valence-electron chi connectivity index (χ0n) is 11.6. The third-order valence-corrected chi connectivity index (χ3v) is 5.36. The molecule has 1 heterocycles. The van der Waals surface area contributed by atoms with Crippen LogP contribution >= 0.6 is 11.3 Å². The Morgan fingerprint density at radius 1 is 1.24 bits per heavy atom. The normalized spacial score (nSPS) is 11.0. The van der Waals surface area contributed by atoms with Gasteiger partial charge in [0.05, 0.1) is 16.3 Å². The molecule has 0 radical (unpaired) electrons. The van der Waals surface area contributed by atoms with Gasteiger partial charge in [0, 0.05) is 11.4 Å². The minimum absolute atomic E-state index is 0.256. The Balaban J connectivity index is 2.09. The van der Waals surface area contributed by atoms with E-state index in [1.165, 1.54) is 11.3 Å². The van der Waals surface area contributed by atoms with Gasteiger partial charge in [-0.1, -0.05) is 30.0 Å². The van der Waals surface area contributed by atoms with Gasteiger partial charge < -0.3 is 5.73 Å². The van der Waals surface area contributed by atoms with Gasteiger partial charge in [-0.2, -0.15) is 0 Å². The Morgan fingerprint density at radius 3 is 2.71 bits per heavy atom. The molecule has 4 nitrogen and oxygen atoms in total. The quantitative estimate of drug-likeness (QED) is 0.845. The third-order valence-electron chi connectivity index (χ3n) is 2.79. The summed E-state index contributed by atoms with van der Waals surface area (Å²) in [4.78, 5) is 2.10.